The molecule has 6 heteroatoms. The van der Waals surface area contributed by atoms with Crippen molar-refractivity contribution in [2.45, 2.75) is 26.4 Å². The molecule has 1 amide bonds. The summed E-state index contributed by atoms with van der Waals surface area (Å²) < 4.78 is 26.0. The normalized spacial score (nSPS) is 12.2. The maximum absolute atomic E-state index is 12.6. The summed E-state index contributed by atoms with van der Waals surface area (Å²) in [5.41, 5.74) is 3.97. The van der Waals surface area contributed by atoms with E-state index in [0.717, 1.165) is 16.7 Å². The average Bonchev–Trinajstić information content (AvgIpc) is 2.72. The van der Waals surface area contributed by atoms with Crippen LogP contribution in [0.15, 0.2) is 78.9 Å². The van der Waals surface area contributed by atoms with E-state index < -0.39 is 10.0 Å². The van der Waals surface area contributed by atoms with Crippen LogP contribution in [0.5, 0.6) is 0 Å². The number of carbonyl (C=O) groups excluding carboxylic acids is 1. The summed E-state index contributed by atoms with van der Waals surface area (Å²) in [6, 6.07) is 24.0. The molecule has 3 rings (SSSR count). The van der Waals surface area contributed by atoms with Crippen LogP contribution in [0.25, 0.3) is 0 Å². The molecule has 1 N–H and O–H groups in total. The molecule has 0 radical (unpaired) electrons. The van der Waals surface area contributed by atoms with Gasteiger partial charge in [-0.25, -0.2) is 8.42 Å². The standard InChI is InChI=1S/C24H26N2O3S/c1-18-8-7-11-23(16-18)26(30(3,28)29)17-20-12-14-22(15-13-20)24(27)25-19(2)21-9-5-4-6-10-21/h4-16,19H,17H2,1-3H3,(H,25,27)/t19-/m1/s1. The highest BCUT2D eigenvalue weighted by Crippen LogP contribution is 2.22. The van der Waals surface area contributed by atoms with Crippen LogP contribution in [-0.2, 0) is 16.6 Å². The molecule has 0 aliphatic heterocycles. The lowest BCUT2D eigenvalue weighted by atomic mass is 10.1. The molecule has 0 heterocycles. The van der Waals surface area contributed by atoms with Gasteiger partial charge in [0.2, 0.25) is 10.0 Å². The van der Waals surface area contributed by atoms with E-state index in [1.807, 2.05) is 62.4 Å². The van der Waals surface area contributed by atoms with Gasteiger partial charge in [-0.3, -0.25) is 9.10 Å². The summed E-state index contributed by atoms with van der Waals surface area (Å²) in [6.07, 6.45) is 1.20. The van der Waals surface area contributed by atoms with Crippen LogP contribution in [0.3, 0.4) is 0 Å². The Morgan fingerprint density at radius 3 is 2.23 bits per heavy atom. The lowest BCUT2D eigenvalue weighted by Gasteiger charge is -2.23. The van der Waals surface area contributed by atoms with Gasteiger partial charge in [0.1, 0.15) is 0 Å². The van der Waals surface area contributed by atoms with Crippen LogP contribution in [0, 0.1) is 6.92 Å². The number of nitrogens with zero attached hydrogens (tertiary/aromatic N) is 1. The highest BCUT2D eigenvalue weighted by molar-refractivity contribution is 7.92. The van der Waals surface area contributed by atoms with Crippen LogP contribution >= 0.6 is 0 Å². The minimum Gasteiger partial charge on any atom is -0.346 e. The Labute approximate surface area is 178 Å². The van der Waals surface area contributed by atoms with Crippen molar-refractivity contribution in [3.8, 4) is 0 Å². The number of carbonyl (C=O) groups is 1. The van der Waals surface area contributed by atoms with Gasteiger partial charge in [-0.2, -0.15) is 0 Å². The first-order chi connectivity index (χ1) is 14.2. The summed E-state index contributed by atoms with van der Waals surface area (Å²) in [5.74, 6) is -0.170. The molecule has 0 aliphatic rings. The molecule has 156 valence electrons. The zero-order valence-electron chi connectivity index (χ0n) is 17.4. The van der Waals surface area contributed by atoms with E-state index in [-0.39, 0.29) is 18.5 Å². The van der Waals surface area contributed by atoms with Gasteiger partial charge in [0, 0.05) is 5.56 Å². The fraction of sp³-hybridized carbons (Fsp3) is 0.208. The summed E-state index contributed by atoms with van der Waals surface area (Å²) in [7, 11) is -3.45. The Bertz CT molecular complexity index is 1110. The van der Waals surface area contributed by atoms with Crippen LogP contribution in [0.4, 0.5) is 5.69 Å². The Hall–Kier alpha value is -3.12. The molecule has 0 saturated carbocycles. The average molecular weight is 423 g/mol. The van der Waals surface area contributed by atoms with Crippen molar-refractivity contribution in [1.82, 2.24) is 5.32 Å². The smallest absolute Gasteiger partial charge is 0.251 e. The number of amides is 1. The van der Waals surface area contributed by atoms with Crippen molar-refractivity contribution in [2.75, 3.05) is 10.6 Å². The molecule has 0 aliphatic carbocycles. The Kier molecular flexibility index (Phi) is 6.57. The summed E-state index contributed by atoms with van der Waals surface area (Å²) in [4.78, 5) is 12.6. The second-order valence-electron chi connectivity index (χ2n) is 7.41. The van der Waals surface area contributed by atoms with E-state index in [9.17, 15) is 13.2 Å². The van der Waals surface area contributed by atoms with Crippen molar-refractivity contribution in [2.24, 2.45) is 0 Å². The first-order valence-electron chi connectivity index (χ1n) is 9.73. The molecule has 3 aromatic rings. The Morgan fingerprint density at radius 2 is 1.63 bits per heavy atom. The third-order valence-electron chi connectivity index (χ3n) is 4.88. The predicted octanol–water partition coefficient (Wildman–Crippen LogP) is 4.45. The van der Waals surface area contributed by atoms with Gasteiger partial charge in [-0.15, -0.1) is 0 Å². The maximum atomic E-state index is 12.6. The van der Waals surface area contributed by atoms with Gasteiger partial charge in [-0.1, -0.05) is 54.6 Å². The monoisotopic (exact) mass is 422 g/mol. The molecule has 0 unspecified atom stereocenters. The molecule has 0 aromatic heterocycles. The van der Waals surface area contributed by atoms with E-state index in [4.69, 9.17) is 0 Å². The highest BCUT2D eigenvalue weighted by Gasteiger charge is 2.18. The third kappa shape index (κ3) is 5.48. The minimum atomic E-state index is -3.45. The number of nitrogens with one attached hydrogen (secondary N) is 1. The first kappa shape index (κ1) is 21.6. The van der Waals surface area contributed by atoms with Crippen molar-refractivity contribution >= 4 is 21.6 Å². The van der Waals surface area contributed by atoms with Crippen molar-refractivity contribution < 1.29 is 13.2 Å². The zero-order chi connectivity index (χ0) is 21.7. The van der Waals surface area contributed by atoms with Crippen LogP contribution in [-0.4, -0.2) is 20.6 Å². The van der Waals surface area contributed by atoms with Crippen LogP contribution < -0.4 is 9.62 Å². The molecule has 1 atom stereocenters. The molecule has 0 bridgehead atoms. The van der Waals surface area contributed by atoms with Gasteiger partial charge >= 0.3 is 0 Å². The van der Waals surface area contributed by atoms with Gasteiger partial charge < -0.3 is 5.32 Å². The van der Waals surface area contributed by atoms with E-state index in [0.29, 0.717) is 11.3 Å². The van der Waals surface area contributed by atoms with E-state index in [1.165, 1.54) is 10.6 Å². The number of sulfonamides is 1. The SMILES string of the molecule is Cc1cccc(N(Cc2ccc(C(=O)N[C@H](C)c3ccccc3)cc2)S(C)(=O)=O)c1. The molecular formula is C24H26N2O3S. The van der Waals surface area contributed by atoms with Crippen LogP contribution in [0.2, 0.25) is 0 Å². The quantitative estimate of drug-likeness (QED) is 0.612. The Morgan fingerprint density at radius 1 is 0.967 bits per heavy atom. The summed E-state index contributed by atoms with van der Waals surface area (Å²) in [6.45, 7) is 4.06. The van der Waals surface area contributed by atoms with Gasteiger partial charge in [-0.05, 0) is 54.8 Å². The number of rotatable bonds is 7. The van der Waals surface area contributed by atoms with E-state index >= 15 is 0 Å². The fourth-order valence-electron chi connectivity index (χ4n) is 3.22. The first-order valence-corrected chi connectivity index (χ1v) is 11.6. The molecule has 0 saturated heterocycles. The van der Waals surface area contributed by atoms with Crippen molar-refractivity contribution in [3.63, 3.8) is 0 Å². The molecular weight excluding hydrogens is 396 g/mol. The third-order valence-corrected chi connectivity index (χ3v) is 6.02. The molecule has 5 nitrogen and oxygen atoms in total. The molecule has 0 fully saturated rings. The summed E-state index contributed by atoms with van der Waals surface area (Å²) in [5, 5.41) is 2.98. The largest absolute Gasteiger partial charge is 0.346 e. The van der Waals surface area contributed by atoms with E-state index in [2.05, 4.69) is 5.32 Å². The zero-order valence-corrected chi connectivity index (χ0v) is 18.2. The summed E-state index contributed by atoms with van der Waals surface area (Å²) >= 11 is 0. The predicted molar refractivity (Wildman–Crippen MR) is 121 cm³/mol. The lowest BCUT2D eigenvalue weighted by molar-refractivity contribution is 0.0940. The fourth-order valence-corrected chi connectivity index (χ4v) is 4.10. The Balaban J connectivity index is 1.73. The number of hydrogen-bond acceptors (Lipinski definition) is 3. The molecule has 30 heavy (non-hydrogen) atoms. The highest BCUT2D eigenvalue weighted by atomic mass is 32.2. The number of aryl methyl sites for hydroxylation is 1. The molecule has 3 aromatic carbocycles. The number of benzene rings is 3. The topological polar surface area (TPSA) is 66.5 Å². The number of anilines is 1. The molecule has 0 spiro atoms. The lowest BCUT2D eigenvalue weighted by Crippen LogP contribution is -2.29. The number of hydrogen-bond donors (Lipinski definition) is 1. The van der Waals surface area contributed by atoms with Gasteiger partial charge in [0.25, 0.3) is 5.91 Å². The minimum absolute atomic E-state index is 0.111. The van der Waals surface area contributed by atoms with Crippen LogP contribution in [0.1, 0.15) is 40.0 Å². The second kappa shape index (κ2) is 9.13. The van der Waals surface area contributed by atoms with Gasteiger partial charge in [0.05, 0.1) is 24.5 Å². The van der Waals surface area contributed by atoms with Crippen molar-refractivity contribution in [1.29, 1.82) is 0 Å². The van der Waals surface area contributed by atoms with Gasteiger partial charge in [0.15, 0.2) is 0 Å². The second-order valence-corrected chi connectivity index (χ2v) is 9.32. The van der Waals surface area contributed by atoms with Crippen molar-refractivity contribution in [3.05, 3.63) is 101 Å². The van der Waals surface area contributed by atoms with E-state index in [1.54, 1.807) is 30.3 Å². The maximum Gasteiger partial charge on any atom is 0.251 e.